The van der Waals surface area contributed by atoms with Crippen molar-refractivity contribution in [2.45, 2.75) is 41.6 Å². The van der Waals surface area contributed by atoms with E-state index in [1.54, 1.807) is 18.5 Å². The van der Waals surface area contributed by atoms with Crippen molar-refractivity contribution >= 4 is 16.0 Å². The second-order valence-corrected chi connectivity index (χ2v) is 15.3. The second-order valence-electron chi connectivity index (χ2n) is 11.6. The van der Waals surface area contributed by atoms with Crippen LogP contribution in [0, 0.1) is 17.5 Å². The molecule has 1 aromatic heterocycles. The van der Waals surface area contributed by atoms with Crippen LogP contribution in [-0.4, -0.2) is 34.4 Å². The number of hydrogen-bond acceptors (Lipinski definition) is 4. The minimum atomic E-state index is -1.41. The molecule has 6 rings (SSSR count). The Morgan fingerprint density at radius 3 is 1.71 bits per heavy atom. The first-order valence-corrected chi connectivity index (χ1v) is 17.3. The lowest BCUT2D eigenvalue weighted by atomic mass is 10.2. The summed E-state index contributed by atoms with van der Waals surface area (Å²) in [5.74, 6) is 0.375. The van der Waals surface area contributed by atoms with Gasteiger partial charge >= 0.3 is 0 Å². The maximum Gasteiger partial charge on any atom is 0.225 e. The summed E-state index contributed by atoms with van der Waals surface area (Å²) >= 11 is 0. The molecule has 0 unspecified atom stereocenters. The molecular weight excluding hydrogens is 591 g/mol. The van der Waals surface area contributed by atoms with Crippen LogP contribution in [0.2, 0.25) is 0 Å². The zero-order valence-electron chi connectivity index (χ0n) is 24.9. The van der Waals surface area contributed by atoms with Crippen LogP contribution in [0.4, 0.5) is 19.1 Å². The van der Waals surface area contributed by atoms with E-state index < -0.39 is 27.5 Å². The van der Waals surface area contributed by atoms with E-state index in [9.17, 15) is 13.2 Å². The number of halogens is 3. The van der Waals surface area contributed by atoms with Crippen LogP contribution in [-0.2, 0) is 28.6 Å². The summed E-state index contributed by atoms with van der Waals surface area (Å²) in [6.07, 6.45) is 4.31. The average Bonchev–Trinajstić information content (AvgIpc) is 3.50. The van der Waals surface area contributed by atoms with Gasteiger partial charge < -0.3 is 9.64 Å². The first-order chi connectivity index (χ1) is 22.0. The summed E-state index contributed by atoms with van der Waals surface area (Å²) in [5, 5.41) is 0.301. The fourth-order valence-corrected chi connectivity index (χ4v) is 11.0. The molecule has 232 valence electrons. The van der Waals surface area contributed by atoms with Crippen LogP contribution in [0.15, 0.2) is 122 Å². The number of hydrogen-bond donors (Lipinski definition) is 0. The van der Waals surface area contributed by atoms with Crippen molar-refractivity contribution < 1.29 is 17.9 Å². The quantitative estimate of drug-likeness (QED) is 0.130. The third-order valence-electron chi connectivity index (χ3n) is 8.44. The van der Waals surface area contributed by atoms with Crippen LogP contribution < -0.4 is 4.90 Å². The molecule has 0 spiro atoms. The lowest BCUT2D eigenvalue weighted by molar-refractivity contribution is 0.106. The lowest BCUT2D eigenvalue weighted by Gasteiger charge is -2.46. The molecule has 1 fully saturated rings. The Hall–Kier alpha value is -4.14. The van der Waals surface area contributed by atoms with Crippen molar-refractivity contribution in [2.24, 2.45) is 0 Å². The summed E-state index contributed by atoms with van der Waals surface area (Å²) in [6.45, 7) is 0.855. The van der Waals surface area contributed by atoms with Gasteiger partial charge in [0.2, 0.25) is 5.95 Å². The van der Waals surface area contributed by atoms with Crippen LogP contribution in [0.5, 0.6) is 0 Å². The summed E-state index contributed by atoms with van der Waals surface area (Å²) in [6, 6.07) is 35.3. The molecule has 0 amide bonds. The molecule has 2 heterocycles. The summed E-state index contributed by atoms with van der Waals surface area (Å²) in [4.78, 5) is 11.4. The zero-order chi connectivity index (χ0) is 31.1. The predicted molar refractivity (Wildman–Crippen MR) is 176 cm³/mol. The van der Waals surface area contributed by atoms with Crippen LogP contribution in [0.25, 0.3) is 0 Å². The van der Waals surface area contributed by atoms with Crippen molar-refractivity contribution in [3.8, 4) is 0 Å². The van der Waals surface area contributed by atoms with E-state index in [0.29, 0.717) is 17.3 Å². The normalized spacial score (nSPS) is 17.0. The lowest BCUT2D eigenvalue weighted by Crippen LogP contribution is -2.35. The van der Waals surface area contributed by atoms with E-state index in [1.165, 1.54) is 16.7 Å². The molecule has 0 bridgehead atoms. The van der Waals surface area contributed by atoms with E-state index >= 15 is 0 Å². The fraction of sp³-hybridized carbons (Fsp3) is 0.243. The molecule has 5 aromatic rings. The number of ether oxygens (including phenoxy) is 1. The van der Waals surface area contributed by atoms with E-state index in [4.69, 9.17) is 4.74 Å². The Morgan fingerprint density at radius 1 is 0.667 bits per heavy atom. The van der Waals surface area contributed by atoms with E-state index in [-0.39, 0.29) is 24.8 Å². The molecule has 1 aliphatic rings. The molecule has 1 aliphatic heterocycles. The Bertz CT molecular complexity index is 1560. The highest BCUT2D eigenvalue weighted by Crippen LogP contribution is 2.63. The summed E-state index contributed by atoms with van der Waals surface area (Å²) in [7, 11) is -1.41. The van der Waals surface area contributed by atoms with Crippen LogP contribution >= 0.6 is 10.0 Å². The molecule has 1 saturated heterocycles. The highest BCUT2D eigenvalue weighted by molar-refractivity contribution is 8.32. The smallest absolute Gasteiger partial charge is 0.225 e. The average molecular weight is 628 g/mol. The van der Waals surface area contributed by atoms with Crippen molar-refractivity contribution in [1.82, 2.24) is 9.97 Å². The van der Waals surface area contributed by atoms with Crippen LogP contribution in [0.1, 0.15) is 28.7 Å². The summed E-state index contributed by atoms with van der Waals surface area (Å²) in [5.41, 5.74) is 3.93. The standard InChI is InChI=1S/C37H36F3N3OS/c38-34-21-36(40)35(39)19-31(34)23-44-24-32-20-33(22-43(32)37-41-17-10-18-42-37)45(25-28-11-4-1-5-12-28,26-29-13-6-2-7-14-29)27-30-15-8-3-9-16-30/h1-19,21,32-33H,20,22-27H2/t32-,33+/m0/s1. The van der Waals surface area contributed by atoms with Gasteiger partial charge in [0.1, 0.15) is 5.82 Å². The van der Waals surface area contributed by atoms with Crippen LogP contribution in [0.3, 0.4) is 0 Å². The van der Waals surface area contributed by atoms with E-state index in [1.807, 2.05) is 0 Å². The number of nitrogens with zero attached hydrogens (tertiary/aromatic N) is 3. The molecule has 0 saturated carbocycles. The van der Waals surface area contributed by atoms with E-state index in [0.717, 1.165) is 36.3 Å². The molecule has 4 aromatic carbocycles. The van der Waals surface area contributed by atoms with Gasteiger partial charge in [0.05, 0.1) is 19.3 Å². The Morgan fingerprint density at radius 2 is 1.18 bits per heavy atom. The van der Waals surface area contributed by atoms with Gasteiger partial charge in [-0.05, 0) is 35.2 Å². The zero-order valence-corrected chi connectivity index (χ0v) is 25.8. The van der Waals surface area contributed by atoms with Gasteiger partial charge in [-0.1, -0.05) is 91.0 Å². The largest absolute Gasteiger partial charge is 0.375 e. The Kier molecular flexibility index (Phi) is 9.81. The van der Waals surface area contributed by atoms with Crippen molar-refractivity contribution in [2.75, 3.05) is 18.1 Å². The highest BCUT2D eigenvalue weighted by Gasteiger charge is 2.43. The molecule has 0 aliphatic carbocycles. The fourth-order valence-electron chi connectivity index (χ4n) is 6.28. The number of anilines is 1. The van der Waals surface area contributed by atoms with Gasteiger partial charge in [0, 0.05) is 53.1 Å². The number of aromatic nitrogens is 2. The van der Waals surface area contributed by atoms with Crippen molar-refractivity contribution in [3.05, 3.63) is 161 Å². The molecular formula is C37H36F3N3OS. The number of benzene rings is 4. The van der Waals surface area contributed by atoms with Gasteiger partial charge in [-0.25, -0.2) is 33.2 Å². The first-order valence-electron chi connectivity index (χ1n) is 15.1. The van der Waals surface area contributed by atoms with Gasteiger partial charge in [-0.15, -0.1) is 0 Å². The maximum atomic E-state index is 14.4. The Balaban J connectivity index is 1.35. The monoisotopic (exact) mass is 627 g/mol. The molecule has 45 heavy (non-hydrogen) atoms. The van der Waals surface area contributed by atoms with Crippen molar-refractivity contribution in [3.63, 3.8) is 0 Å². The highest BCUT2D eigenvalue weighted by atomic mass is 32.3. The third-order valence-corrected chi connectivity index (χ3v) is 12.9. The minimum Gasteiger partial charge on any atom is -0.375 e. The molecule has 8 heteroatoms. The van der Waals surface area contributed by atoms with Gasteiger partial charge in [0.15, 0.2) is 11.6 Å². The summed E-state index contributed by atoms with van der Waals surface area (Å²) < 4.78 is 47.8. The maximum absolute atomic E-state index is 14.4. The third kappa shape index (κ3) is 7.57. The molecule has 0 N–H and O–H groups in total. The molecule has 4 nitrogen and oxygen atoms in total. The second kappa shape index (κ2) is 14.3. The van der Waals surface area contributed by atoms with Gasteiger partial charge in [-0.3, -0.25) is 0 Å². The predicted octanol–water partition coefficient (Wildman–Crippen LogP) is 8.46. The van der Waals surface area contributed by atoms with Gasteiger partial charge in [-0.2, -0.15) is 0 Å². The topological polar surface area (TPSA) is 38.2 Å². The van der Waals surface area contributed by atoms with E-state index in [2.05, 4.69) is 106 Å². The Labute approximate surface area is 264 Å². The van der Waals surface area contributed by atoms with Crippen molar-refractivity contribution in [1.29, 1.82) is 0 Å². The molecule has 2 atom stereocenters. The number of rotatable bonds is 12. The minimum absolute atomic E-state index is 0.0110. The molecule has 0 radical (unpaired) electrons. The first kappa shape index (κ1) is 30.9. The van der Waals surface area contributed by atoms with Gasteiger partial charge in [0.25, 0.3) is 0 Å². The SMILES string of the molecule is Fc1cc(F)c(COC[C@@H]2C[C@@H](S(Cc3ccccc3)(Cc3ccccc3)Cc3ccccc3)CN2c2ncccn2)cc1F.